The van der Waals surface area contributed by atoms with Crippen LogP contribution in [-0.2, 0) is 13.0 Å². The van der Waals surface area contributed by atoms with Crippen LogP contribution in [-0.4, -0.2) is 38.3 Å². The van der Waals surface area contributed by atoms with E-state index in [0.29, 0.717) is 0 Å². The molecule has 0 saturated heterocycles. The summed E-state index contributed by atoms with van der Waals surface area (Å²) in [6.07, 6.45) is 6.46. The lowest BCUT2D eigenvalue weighted by Gasteiger charge is -2.42. The minimum atomic E-state index is -2.17. The van der Waals surface area contributed by atoms with E-state index in [0.717, 1.165) is 30.4 Å². The second-order valence-electron chi connectivity index (χ2n) is 5.40. The Balaban J connectivity index is 0.000000433. The molecule has 3 rings (SSSR count). The van der Waals surface area contributed by atoms with E-state index in [4.69, 9.17) is 15.1 Å². The molecule has 1 unspecified atom stereocenters. The van der Waals surface area contributed by atoms with Crippen molar-refractivity contribution in [1.82, 2.24) is 4.90 Å². The lowest BCUT2D eigenvalue weighted by Crippen LogP contribution is -2.46. The van der Waals surface area contributed by atoms with E-state index >= 15 is 0 Å². The highest BCUT2D eigenvalue weighted by Crippen LogP contribution is 2.42. The van der Waals surface area contributed by atoms with Crippen LogP contribution in [0.2, 0.25) is 0 Å². The average Bonchev–Trinajstić information content (AvgIpc) is 2.44. The number of allylic oxidation sites excluding steroid dienone is 2. The van der Waals surface area contributed by atoms with Crippen molar-refractivity contribution in [2.75, 3.05) is 6.54 Å². The highest BCUT2D eigenvalue weighted by molar-refractivity contribution is 9.12. The summed E-state index contributed by atoms with van der Waals surface area (Å²) in [5.41, 5.74) is 2.94. The zero-order valence-electron chi connectivity index (χ0n) is 12.3. The van der Waals surface area contributed by atoms with E-state index in [9.17, 15) is 0 Å². The molecule has 1 aromatic rings. The third-order valence-electron chi connectivity index (χ3n) is 3.73. The molecule has 3 N–H and O–H groups in total. The van der Waals surface area contributed by atoms with Crippen molar-refractivity contribution in [1.29, 1.82) is 0 Å². The van der Waals surface area contributed by atoms with Crippen LogP contribution in [0.3, 0.4) is 0 Å². The van der Waals surface area contributed by atoms with Crippen molar-refractivity contribution in [3.8, 4) is 0 Å². The first-order chi connectivity index (χ1) is 10.8. The maximum Gasteiger partial charge on any atom is 0.631 e. The number of fused-ring (bicyclic) bond motifs is 1. The highest BCUT2D eigenvalue weighted by atomic mass is 79.9. The van der Waals surface area contributed by atoms with Crippen molar-refractivity contribution in [3.05, 3.63) is 56.5 Å². The molecule has 0 saturated carbocycles. The van der Waals surface area contributed by atoms with Gasteiger partial charge in [0.15, 0.2) is 0 Å². The number of halogens is 3. The molecule has 0 aromatic heterocycles. The fourth-order valence-corrected chi connectivity index (χ4v) is 5.93. The average molecular weight is 510 g/mol. The minimum absolute atomic E-state index is 0.0903. The Kier molecular flexibility index (Phi) is 7.09. The monoisotopic (exact) mass is 507 g/mol. The molecule has 1 heterocycles. The van der Waals surface area contributed by atoms with E-state index < -0.39 is 7.32 Å². The zero-order chi connectivity index (χ0) is 17.0. The van der Waals surface area contributed by atoms with E-state index in [1.165, 1.54) is 15.6 Å². The van der Waals surface area contributed by atoms with Crippen LogP contribution >= 0.6 is 47.8 Å². The molecule has 0 bridgehead atoms. The Morgan fingerprint density at radius 1 is 1.09 bits per heavy atom. The van der Waals surface area contributed by atoms with E-state index in [-0.39, 0.29) is 4.45 Å². The van der Waals surface area contributed by atoms with Crippen LogP contribution in [0.4, 0.5) is 0 Å². The van der Waals surface area contributed by atoms with E-state index in [2.05, 4.69) is 89.1 Å². The summed E-state index contributed by atoms with van der Waals surface area (Å²) in [4.78, 5) is 2.50. The lowest BCUT2D eigenvalue weighted by molar-refractivity contribution is 0.190. The van der Waals surface area contributed by atoms with Gasteiger partial charge in [-0.05, 0) is 34.2 Å². The van der Waals surface area contributed by atoms with Crippen LogP contribution in [0, 0.1) is 0 Å². The first-order valence-corrected chi connectivity index (χ1v) is 9.47. The zero-order valence-corrected chi connectivity index (χ0v) is 17.1. The normalized spacial score (nSPS) is 23.9. The largest absolute Gasteiger partial charge is 0.631 e. The molecule has 4 nitrogen and oxygen atoms in total. The summed E-state index contributed by atoms with van der Waals surface area (Å²) in [6.45, 7) is 2.08. The summed E-state index contributed by atoms with van der Waals surface area (Å²) in [7, 11) is -2.17. The molecule has 0 radical (unpaired) electrons. The second kappa shape index (κ2) is 8.42. The van der Waals surface area contributed by atoms with Gasteiger partial charge in [0.1, 0.15) is 4.45 Å². The molecule has 8 heteroatoms. The van der Waals surface area contributed by atoms with Gasteiger partial charge < -0.3 is 15.1 Å². The molecule has 23 heavy (non-hydrogen) atoms. The molecule has 1 aliphatic carbocycles. The third-order valence-corrected chi connectivity index (χ3v) is 5.70. The van der Waals surface area contributed by atoms with Crippen LogP contribution < -0.4 is 0 Å². The van der Waals surface area contributed by atoms with Crippen molar-refractivity contribution in [3.63, 3.8) is 0 Å². The van der Waals surface area contributed by atoms with Gasteiger partial charge in [0.2, 0.25) is 0 Å². The Morgan fingerprint density at radius 3 is 2.30 bits per heavy atom. The predicted octanol–water partition coefficient (Wildman–Crippen LogP) is 3.05. The SMILES string of the molecule is BrC1=CC(Br)(N2CCc3ccccc3C2)CC(Br)=C1.OB(O)O. The van der Waals surface area contributed by atoms with Gasteiger partial charge in [0.25, 0.3) is 0 Å². The van der Waals surface area contributed by atoms with Crippen LogP contribution in [0.15, 0.2) is 45.4 Å². The topological polar surface area (TPSA) is 63.9 Å². The summed E-state index contributed by atoms with van der Waals surface area (Å²) < 4.78 is 2.26. The van der Waals surface area contributed by atoms with Gasteiger partial charge in [0.05, 0.1) is 0 Å². The Hall–Kier alpha value is 0.0449. The first-order valence-electron chi connectivity index (χ1n) is 7.09. The number of nitrogens with zero attached hydrogens (tertiary/aromatic N) is 1. The lowest BCUT2D eigenvalue weighted by atomic mass is 9.97. The van der Waals surface area contributed by atoms with Crippen molar-refractivity contribution < 1.29 is 15.1 Å². The van der Waals surface area contributed by atoms with Crippen molar-refractivity contribution in [2.45, 2.75) is 23.8 Å². The van der Waals surface area contributed by atoms with Crippen molar-refractivity contribution in [2.24, 2.45) is 0 Å². The van der Waals surface area contributed by atoms with Gasteiger partial charge in [-0.1, -0.05) is 72.1 Å². The summed E-state index contributed by atoms with van der Waals surface area (Å²) in [5, 5.41) is 21.5. The highest BCUT2D eigenvalue weighted by Gasteiger charge is 2.36. The fourth-order valence-electron chi connectivity index (χ4n) is 2.76. The first kappa shape index (κ1) is 19.4. The summed E-state index contributed by atoms with van der Waals surface area (Å²) in [5.74, 6) is 0. The molecular weight excluding hydrogens is 493 g/mol. The van der Waals surface area contributed by atoms with Gasteiger partial charge >= 0.3 is 7.32 Å². The molecule has 0 fully saturated rings. The molecule has 2 aliphatic rings. The standard InChI is InChI=1S/C15H14Br3N.BH3O3/c16-13-7-14(17)9-15(18,8-13)19-6-5-11-3-1-2-4-12(11)10-19;2-1(3)4/h1-4,7-8H,5-6,9-10H2;2-4H. The van der Waals surface area contributed by atoms with Gasteiger partial charge in [-0.2, -0.15) is 0 Å². The predicted molar refractivity (Wildman–Crippen MR) is 103 cm³/mol. The summed E-state index contributed by atoms with van der Waals surface area (Å²) in [6, 6.07) is 8.75. The molecule has 0 spiro atoms. The molecule has 1 atom stereocenters. The minimum Gasteiger partial charge on any atom is -0.402 e. The van der Waals surface area contributed by atoms with Crippen molar-refractivity contribution >= 4 is 55.1 Å². The van der Waals surface area contributed by atoms with E-state index in [1.54, 1.807) is 0 Å². The molecular formula is C15H17BBr3NO3. The second-order valence-corrected chi connectivity index (χ2v) is 8.71. The van der Waals surface area contributed by atoms with Gasteiger partial charge in [-0.3, -0.25) is 4.90 Å². The molecule has 1 aliphatic heterocycles. The quantitative estimate of drug-likeness (QED) is 0.309. The smallest absolute Gasteiger partial charge is 0.402 e. The third kappa shape index (κ3) is 5.52. The molecule has 124 valence electrons. The number of benzene rings is 1. The van der Waals surface area contributed by atoms with Gasteiger partial charge in [0, 0.05) is 24.0 Å². The fraction of sp³-hybridized carbons (Fsp3) is 0.333. The van der Waals surface area contributed by atoms with Crippen LogP contribution in [0.1, 0.15) is 17.5 Å². The van der Waals surface area contributed by atoms with Crippen LogP contribution in [0.25, 0.3) is 0 Å². The molecule has 0 amide bonds. The maximum absolute atomic E-state index is 7.17. The Bertz CT molecular complexity index is 621. The van der Waals surface area contributed by atoms with Crippen LogP contribution in [0.5, 0.6) is 0 Å². The number of rotatable bonds is 1. The number of alkyl halides is 1. The Morgan fingerprint density at radius 2 is 1.70 bits per heavy atom. The van der Waals surface area contributed by atoms with Gasteiger partial charge in [-0.15, -0.1) is 0 Å². The summed E-state index contributed by atoms with van der Waals surface area (Å²) >= 11 is 11.2. The number of hydrogen-bond donors (Lipinski definition) is 3. The van der Waals surface area contributed by atoms with Gasteiger partial charge in [-0.25, -0.2) is 0 Å². The molecule has 1 aromatic carbocycles. The van der Waals surface area contributed by atoms with E-state index in [1.807, 2.05) is 0 Å². The maximum atomic E-state index is 7.17. The Labute approximate surface area is 161 Å². The number of hydrogen-bond acceptors (Lipinski definition) is 4.